The minimum atomic E-state index is -3.62. The summed E-state index contributed by atoms with van der Waals surface area (Å²) < 4.78 is 43.0. The molecule has 0 N–H and O–H groups in total. The fourth-order valence-electron chi connectivity index (χ4n) is 3.90. The van der Waals surface area contributed by atoms with Crippen LogP contribution in [-0.2, 0) is 27.8 Å². The van der Waals surface area contributed by atoms with Gasteiger partial charge in [0.15, 0.2) is 4.21 Å². The summed E-state index contributed by atoms with van der Waals surface area (Å²) in [6, 6.07) is 6.45. The van der Waals surface area contributed by atoms with Crippen molar-refractivity contribution in [3.8, 4) is 0 Å². The summed E-state index contributed by atoms with van der Waals surface area (Å²) >= 11 is 1.06. The molecule has 1 aromatic carbocycles. The third kappa shape index (κ3) is 5.37. The standard InChI is InChI=1S/C22H26FN5O3S2/c1-16(29)11-21-25-13-22(32-21)33(30,31)27-9-7-26(8-10-27)14-20-12-24-15-28(20)17(2)18-3-5-19(23)6-4-18/h3-6,12-13,15,17H,7-11,14H2,1-2H3/t17-/m1/s1. The van der Waals surface area contributed by atoms with Crippen LogP contribution in [-0.4, -0.2) is 64.1 Å². The first-order valence-electron chi connectivity index (χ1n) is 10.7. The van der Waals surface area contributed by atoms with Gasteiger partial charge < -0.3 is 4.57 Å². The van der Waals surface area contributed by atoms with Crippen LogP contribution >= 0.6 is 11.3 Å². The molecule has 3 aromatic rings. The Balaban J connectivity index is 1.38. The molecule has 8 nitrogen and oxygen atoms in total. The average Bonchev–Trinajstić information content (AvgIpc) is 3.44. The maximum Gasteiger partial charge on any atom is 0.254 e. The van der Waals surface area contributed by atoms with E-state index in [-0.39, 0.29) is 28.3 Å². The normalized spacial score (nSPS) is 16.7. The Kier molecular flexibility index (Phi) is 7.03. The number of hydrogen-bond acceptors (Lipinski definition) is 7. The van der Waals surface area contributed by atoms with Crippen molar-refractivity contribution in [2.24, 2.45) is 0 Å². The van der Waals surface area contributed by atoms with E-state index in [1.165, 1.54) is 29.6 Å². The Morgan fingerprint density at radius 2 is 1.85 bits per heavy atom. The highest BCUT2D eigenvalue weighted by atomic mass is 32.2. The molecule has 0 unspecified atom stereocenters. The number of nitrogens with zero attached hydrogens (tertiary/aromatic N) is 5. The fourth-order valence-corrected chi connectivity index (χ4v) is 6.73. The van der Waals surface area contributed by atoms with Crippen LogP contribution in [0.3, 0.4) is 0 Å². The molecule has 1 fully saturated rings. The molecule has 1 aliphatic rings. The molecule has 0 radical (unpaired) electrons. The van der Waals surface area contributed by atoms with Crippen molar-refractivity contribution in [1.29, 1.82) is 0 Å². The lowest BCUT2D eigenvalue weighted by Gasteiger charge is -2.33. The van der Waals surface area contributed by atoms with Gasteiger partial charge in [0.05, 0.1) is 30.7 Å². The summed E-state index contributed by atoms with van der Waals surface area (Å²) in [6.07, 6.45) is 5.08. The van der Waals surface area contributed by atoms with Crippen molar-refractivity contribution in [2.45, 2.75) is 37.1 Å². The molecule has 0 spiro atoms. The molecule has 1 atom stereocenters. The molecule has 0 aliphatic carbocycles. The zero-order valence-corrected chi connectivity index (χ0v) is 20.1. The van der Waals surface area contributed by atoms with Gasteiger partial charge in [0.25, 0.3) is 10.0 Å². The van der Waals surface area contributed by atoms with E-state index in [0.717, 1.165) is 22.6 Å². The molecule has 4 rings (SSSR count). The zero-order valence-electron chi connectivity index (χ0n) is 18.5. The molecule has 0 bridgehead atoms. The number of imidazole rings is 1. The number of ketones is 1. The van der Waals surface area contributed by atoms with Crippen LogP contribution in [0.2, 0.25) is 0 Å². The maximum absolute atomic E-state index is 13.3. The van der Waals surface area contributed by atoms with E-state index in [1.54, 1.807) is 18.5 Å². The second-order valence-corrected chi connectivity index (χ2v) is 11.4. The molecule has 33 heavy (non-hydrogen) atoms. The lowest BCUT2D eigenvalue weighted by Crippen LogP contribution is -2.48. The summed E-state index contributed by atoms with van der Waals surface area (Å²) in [7, 11) is -3.62. The summed E-state index contributed by atoms with van der Waals surface area (Å²) in [4.78, 5) is 21.9. The first kappa shape index (κ1) is 23.7. The van der Waals surface area contributed by atoms with Crippen LogP contribution in [0.4, 0.5) is 4.39 Å². The van der Waals surface area contributed by atoms with Crippen LogP contribution in [0.5, 0.6) is 0 Å². The second-order valence-electron chi connectivity index (χ2n) is 8.15. The SMILES string of the molecule is CC(=O)Cc1ncc(S(=O)(=O)N2CCN(Cc3cncn3[C@H](C)c3ccc(F)cc3)CC2)s1. The van der Waals surface area contributed by atoms with Gasteiger partial charge in [-0.25, -0.2) is 22.8 Å². The molecule has 1 aliphatic heterocycles. The van der Waals surface area contributed by atoms with Crippen molar-refractivity contribution >= 4 is 27.1 Å². The molecule has 176 valence electrons. The predicted octanol–water partition coefficient (Wildman–Crippen LogP) is 2.73. The lowest BCUT2D eigenvalue weighted by molar-refractivity contribution is -0.116. The fraction of sp³-hybridized carbons (Fsp3) is 0.409. The van der Waals surface area contributed by atoms with E-state index in [4.69, 9.17) is 0 Å². The third-order valence-corrected chi connectivity index (χ3v) is 9.09. The third-order valence-electron chi connectivity index (χ3n) is 5.76. The van der Waals surface area contributed by atoms with E-state index >= 15 is 0 Å². The zero-order chi connectivity index (χ0) is 23.6. The van der Waals surface area contributed by atoms with E-state index in [9.17, 15) is 17.6 Å². The molecule has 11 heteroatoms. The van der Waals surface area contributed by atoms with Crippen LogP contribution in [0.25, 0.3) is 0 Å². The number of Topliss-reactive ketones (excluding diaryl/α,β-unsaturated/α-hetero) is 1. The Labute approximate surface area is 196 Å². The molecule has 0 amide bonds. The topological polar surface area (TPSA) is 88.4 Å². The number of carbonyl (C=O) groups excluding carboxylic acids is 1. The minimum Gasteiger partial charge on any atom is -0.326 e. The van der Waals surface area contributed by atoms with Crippen molar-refractivity contribution in [3.05, 3.63) is 65.1 Å². The predicted molar refractivity (Wildman–Crippen MR) is 123 cm³/mol. The first-order valence-corrected chi connectivity index (χ1v) is 12.9. The Bertz CT molecular complexity index is 1210. The quantitative estimate of drug-likeness (QED) is 0.482. The molecular formula is C22H26FN5O3S2. The molecule has 1 saturated heterocycles. The van der Waals surface area contributed by atoms with Crippen molar-refractivity contribution in [2.75, 3.05) is 26.2 Å². The van der Waals surface area contributed by atoms with Gasteiger partial charge in [0.2, 0.25) is 0 Å². The first-order chi connectivity index (χ1) is 15.7. The van der Waals surface area contributed by atoms with Crippen LogP contribution in [0.15, 0.2) is 47.2 Å². The van der Waals surface area contributed by atoms with Gasteiger partial charge in [-0.3, -0.25) is 9.69 Å². The van der Waals surface area contributed by atoms with E-state index in [0.29, 0.717) is 37.7 Å². The van der Waals surface area contributed by atoms with Gasteiger partial charge in [-0.15, -0.1) is 11.3 Å². The van der Waals surface area contributed by atoms with Crippen molar-refractivity contribution < 1.29 is 17.6 Å². The number of carbonyl (C=O) groups is 1. The molecular weight excluding hydrogens is 465 g/mol. The lowest BCUT2D eigenvalue weighted by atomic mass is 10.1. The minimum absolute atomic E-state index is 0.000272. The van der Waals surface area contributed by atoms with Gasteiger partial charge in [-0.2, -0.15) is 4.31 Å². The van der Waals surface area contributed by atoms with Gasteiger partial charge in [-0.1, -0.05) is 12.1 Å². The Hall–Kier alpha value is -2.47. The Morgan fingerprint density at radius 3 is 2.52 bits per heavy atom. The van der Waals surface area contributed by atoms with Crippen LogP contribution < -0.4 is 0 Å². The number of sulfonamides is 1. The summed E-state index contributed by atoms with van der Waals surface area (Å²) in [5, 5.41) is 0.517. The number of rotatable bonds is 8. The number of benzene rings is 1. The number of thiazole rings is 1. The summed E-state index contributed by atoms with van der Waals surface area (Å²) in [5.41, 5.74) is 2.00. The Morgan fingerprint density at radius 1 is 1.15 bits per heavy atom. The van der Waals surface area contributed by atoms with Crippen molar-refractivity contribution in [3.63, 3.8) is 0 Å². The van der Waals surface area contributed by atoms with E-state index in [2.05, 4.69) is 19.4 Å². The highest BCUT2D eigenvalue weighted by Gasteiger charge is 2.30. The largest absolute Gasteiger partial charge is 0.326 e. The van der Waals surface area contributed by atoms with Gasteiger partial charge >= 0.3 is 0 Å². The second kappa shape index (κ2) is 9.80. The van der Waals surface area contributed by atoms with Crippen molar-refractivity contribution in [1.82, 2.24) is 23.7 Å². The number of aromatic nitrogens is 3. The number of hydrogen-bond donors (Lipinski definition) is 0. The molecule has 2 aromatic heterocycles. The number of piperazine rings is 1. The van der Waals surface area contributed by atoms with Crippen LogP contribution in [0.1, 0.15) is 36.2 Å². The molecule has 3 heterocycles. The van der Waals surface area contributed by atoms with Gasteiger partial charge in [0, 0.05) is 38.9 Å². The number of halogens is 1. The molecule has 0 saturated carbocycles. The highest BCUT2D eigenvalue weighted by Crippen LogP contribution is 2.25. The monoisotopic (exact) mass is 491 g/mol. The van der Waals surface area contributed by atoms with Crippen LogP contribution in [0, 0.1) is 5.82 Å². The summed E-state index contributed by atoms with van der Waals surface area (Å²) in [5.74, 6) is -0.312. The van der Waals surface area contributed by atoms with Gasteiger partial charge in [0.1, 0.15) is 16.6 Å². The average molecular weight is 492 g/mol. The van der Waals surface area contributed by atoms with E-state index in [1.807, 2.05) is 13.1 Å². The highest BCUT2D eigenvalue weighted by molar-refractivity contribution is 7.91. The summed E-state index contributed by atoms with van der Waals surface area (Å²) in [6.45, 7) is 6.08. The smallest absolute Gasteiger partial charge is 0.254 e. The van der Waals surface area contributed by atoms with Gasteiger partial charge in [-0.05, 0) is 31.5 Å². The maximum atomic E-state index is 13.3. The van der Waals surface area contributed by atoms with E-state index < -0.39 is 10.0 Å².